The quantitative estimate of drug-likeness (QED) is 0.780. The maximum Gasteiger partial charge on any atom is 0.0980 e. The first kappa shape index (κ1) is 10.3. The summed E-state index contributed by atoms with van der Waals surface area (Å²) in [6.07, 6.45) is 5.13. The molecule has 0 saturated carbocycles. The lowest BCUT2D eigenvalue weighted by Crippen LogP contribution is -2.30. The molecule has 0 unspecified atom stereocenters. The molecule has 0 amide bonds. The first-order chi connectivity index (χ1) is 7.95. The number of nitrogens with one attached hydrogen (secondary N) is 1. The third-order valence-corrected chi connectivity index (χ3v) is 3.71. The van der Waals surface area contributed by atoms with Crippen LogP contribution in [0.2, 0.25) is 0 Å². The van der Waals surface area contributed by atoms with E-state index >= 15 is 0 Å². The van der Waals surface area contributed by atoms with Gasteiger partial charge < -0.3 is 10.1 Å². The minimum absolute atomic E-state index is 0.279. The lowest BCUT2D eigenvalue weighted by molar-refractivity contribution is 0.0333. The normalized spacial score (nSPS) is 29.8. The summed E-state index contributed by atoms with van der Waals surface area (Å²) in [5, 5.41) is 3.57. The molecular formula is C14H19NO. The van der Waals surface area contributed by atoms with Gasteiger partial charge in [0.2, 0.25) is 0 Å². The van der Waals surface area contributed by atoms with Crippen molar-refractivity contribution < 1.29 is 4.74 Å². The van der Waals surface area contributed by atoms with E-state index in [1.165, 1.54) is 30.4 Å². The fraction of sp³-hybridized carbons (Fsp3) is 0.571. The Morgan fingerprint density at radius 3 is 3.00 bits per heavy atom. The fourth-order valence-electron chi connectivity index (χ4n) is 2.90. The third-order valence-electron chi connectivity index (χ3n) is 3.71. The number of hydrogen-bond acceptors (Lipinski definition) is 2. The monoisotopic (exact) mass is 217 g/mol. The SMILES string of the molecule is c1ccc2c(c1)CCCO[C@H]2[C@@H]1CCCN1. The summed E-state index contributed by atoms with van der Waals surface area (Å²) in [6.45, 7) is 2.05. The second kappa shape index (κ2) is 4.56. The fourth-order valence-corrected chi connectivity index (χ4v) is 2.90. The Kier molecular flexibility index (Phi) is 2.94. The minimum atomic E-state index is 0.279. The highest BCUT2D eigenvalue weighted by Gasteiger charge is 2.29. The maximum absolute atomic E-state index is 6.05. The van der Waals surface area contributed by atoms with Gasteiger partial charge in [-0.05, 0) is 43.4 Å². The number of ether oxygens (including phenoxy) is 1. The molecule has 2 nitrogen and oxygen atoms in total. The van der Waals surface area contributed by atoms with Gasteiger partial charge in [-0.3, -0.25) is 0 Å². The van der Waals surface area contributed by atoms with Gasteiger partial charge in [0.15, 0.2) is 0 Å². The van der Waals surface area contributed by atoms with Gasteiger partial charge in [0.1, 0.15) is 0 Å². The van der Waals surface area contributed by atoms with Crippen LogP contribution in [0.3, 0.4) is 0 Å². The summed E-state index contributed by atoms with van der Waals surface area (Å²) in [5.41, 5.74) is 2.90. The number of rotatable bonds is 1. The molecule has 0 bridgehead atoms. The van der Waals surface area contributed by atoms with Crippen molar-refractivity contribution in [3.8, 4) is 0 Å². The van der Waals surface area contributed by atoms with Gasteiger partial charge in [-0.25, -0.2) is 0 Å². The summed E-state index contributed by atoms with van der Waals surface area (Å²) in [6, 6.07) is 9.30. The van der Waals surface area contributed by atoms with Gasteiger partial charge in [-0.2, -0.15) is 0 Å². The highest BCUT2D eigenvalue weighted by molar-refractivity contribution is 5.31. The predicted octanol–water partition coefficient (Wildman–Crippen LogP) is 2.44. The minimum Gasteiger partial charge on any atom is -0.372 e. The van der Waals surface area contributed by atoms with Crippen molar-refractivity contribution in [2.24, 2.45) is 0 Å². The van der Waals surface area contributed by atoms with Crippen molar-refractivity contribution in [1.82, 2.24) is 5.32 Å². The molecule has 1 fully saturated rings. The van der Waals surface area contributed by atoms with E-state index in [1.807, 2.05) is 0 Å². The van der Waals surface area contributed by atoms with Crippen LogP contribution < -0.4 is 5.32 Å². The summed E-state index contributed by atoms with van der Waals surface area (Å²) < 4.78 is 6.05. The van der Waals surface area contributed by atoms with Crippen molar-refractivity contribution in [3.05, 3.63) is 35.4 Å². The molecule has 2 heteroatoms. The van der Waals surface area contributed by atoms with E-state index in [4.69, 9.17) is 4.74 Å². The third kappa shape index (κ3) is 1.87. The summed E-state index contributed by atoms with van der Waals surface area (Å²) >= 11 is 0. The molecule has 86 valence electrons. The summed E-state index contributed by atoms with van der Waals surface area (Å²) in [4.78, 5) is 0. The van der Waals surface area contributed by atoms with Gasteiger partial charge >= 0.3 is 0 Å². The van der Waals surface area contributed by atoms with Crippen LogP contribution in [0.25, 0.3) is 0 Å². The number of benzene rings is 1. The van der Waals surface area contributed by atoms with E-state index in [0.717, 1.165) is 19.6 Å². The lowest BCUT2D eigenvalue weighted by atomic mass is 9.95. The van der Waals surface area contributed by atoms with Gasteiger partial charge in [0.25, 0.3) is 0 Å². The van der Waals surface area contributed by atoms with E-state index in [0.29, 0.717) is 6.04 Å². The summed E-state index contributed by atoms with van der Waals surface area (Å²) in [7, 11) is 0. The highest BCUT2D eigenvalue weighted by Crippen LogP contribution is 2.31. The topological polar surface area (TPSA) is 21.3 Å². The van der Waals surface area contributed by atoms with Crippen molar-refractivity contribution in [3.63, 3.8) is 0 Å². The zero-order valence-corrected chi connectivity index (χ0v) is 9.61. The molecule has 1 aromatic rings. The van der Waals surface area contributed by atoms with E-state index in [-0.39, 0.29) is 6.10 Å². The maximum atomic E-state index is 6.05. The first-order valence-corrected chi connectivity index (χ1v) is 6.38. The van der Waals surface area contributed by atoms with Crippen LogP contribution in [0.15, 0.2) is 24.3 Å². The van der Waals surface area contributed by atoms with Gasteiger partial charge in [-0.15, -0.1) is 0 Å². The molecule has 2 heterocycles. The number of fused-ring (bicyclic) bond motifs is 1. The predicted molar refractivity (Wildman–Crippen MR) is 64.5 cm³/mol. The Morgan fingerprint density at radius 1 is 1.19 bits per heavy atom. The Hall–Kier alpha value is -0.860. The Labute approximate surface area is 97.0 Å². The van der Waals surface area contributed by atoms with Crippen LogP contribution in [0.1, 0.15) is 36.5 Å². The molecule has 0 spiro atoms. The van der Waals surface area contributed by atoms with Crippen LogP contribution >= 0.6 is 0 Å². The smallest absolute Gasteiger partial charge is 0.0980 e. The molecule has 2 aliphatic rings. The van der Waals surface area contributed by atoms with Crippen molar-refractivity contribution in [2.45, 2.75) is 37.8 Å². The van der Waals surface area contributed by atoms with Crippen LogP contribution in [-0.2, 0) is 11.2 Å². The van der Waals surface area contributed by atoms with E-state index in [2.05, 4.69) is 29.6 Å². The van der Waals surface area contributed by atoms with Crippen molar-refractivity contribution in [1.29, 1.82) is 0 Å². The molecule has 2 atom stereocenters. The van der Waals surface area contributed by atoms with Crippen LogP contribution in [0.4, 0.5) is 0 Å². The van der Waals surface area contributed by atoms with E-state index < -0.39 is 0 Å². The average molecular weight is 217 g/mol. The highest BCUT2D eigenvalue weighted by atomic mass is 16.5. The zero-order chi connectivity index (χ0) is 10.8. The van der Waals surface area contributed by atoms with Crippen LogP contribution in [-0.4, -0.2) is 19.2 Å². The molecule has 1 saturated heterocycles. The molecule has 16 heavy (non-hydrogen) atoms. The lowest BCUT2D eigenvalue weighted by Gasteiger charge is -2.24. The number of hydrogen-bond donors (Lipinski definition) is 1. The van der Waals surface area contributed by atoms with E-state index in [1.54, 1.807) is 0 Å². The standard InChI is InChI=1S/C14H19NO/c1-2-7-12-11(5-1)6-4-10-16-14(12)13-8-3-9-15-13/h1-2,5,7,13-15H,3-4,6,8-10H2/t13-,14+/m0/s1. The molecule has 1 N–H and O–H groups in total. The van der Waals surface area contributed by atoms with Gasteiger partial charge in [0, 0.05) is 12.6 Å². The Morgan fingerprint density at radius 2 is 2.12 bits per heavy atom. The second-order valence-electron chi connectivity index (χ2n) is 4.80. The largest absolute Gasteiger partial charge is 0.372 e. The van der Waals surface area contributed by atoms with Crippen LogP contribution in [0, 0.1) is 0 Å². The number of aryl methyl sites for hydroxylation is 1. The second-order valence-corrected chi connectivity index (χ2v) is 4.80. The molecule has 2 aliphatic heterocycles. The average Bonchev–Trinajstić information content (AvgIpc) is 2.76. The molecule has 1 aromatic carbocycles. The Bertz CT molecular complexity index is 358. The molecular weight excluding hydrogens is 198 g/mol. The van der Waals surface area contributed by atoms with E-state index in [9.17, 15) is 0 Å². The van der Waals surface area contributed by atoms with Crippen molar-refractivity contribution in [2.75, 3.05) is 13.2 Å². The summed E-state index contributed by atoms with van der Waals surface area (Å²) in [5.74, 6) is 0. The van der Waals surface area contributed by atoms with Gasteiger partial charge in [-0.1, -0.05) is 24.3 Å². The molecule has 3 rings (SSSR count). The van der Waals surface area contributed by atoms with Gasteiger partial charge in [0.05, 0.1) is 6.10 Å². The first-order valence-electron chi connectivity index (χ1n) is 6.38. The van der Waals surface area contributed by atoms with Crippen molar-refractivity contribution >= 4 is 0 Å². The molecule has 0 aromatic heterocycles. The molecule has 0 aliphatic carbocycles. The van der Waals surface area contributed by atoms with Crippen LogP contribution in [0.5, 0.6) is 0 Å². The zero-order valence-electron chi connectivity index (χ0n) is 9.61. The molecule has 0 radical (unpaired) electrons. The Balaban J connectivity index is 1.92.